The van der Waals surface area contributed by atoms with Gasteiger partial charge in [-0.05, 0) is 64.9 Å². The van der Waals surface area contributed by atoms with E-state index in [1.54, 1.807) is 52.8 Å². The van der Waals surface area contributed by atoms with Crippen LogP contribution >= 0.6 is 34.5 Å². The van der Waals surface area contributed by atoms with Crippen molar-refractivity contribution in [3.63, 3.8) is 0 Å². The molecular weight excluding hydrogens is 464 g/mol. The molecule has 0 saturated carbocycles. The molecule has 0 aliphatic heterocycles. The van der Waals surface area contributed by atoms with E-state index in [0.29, 0.717) is 21.5 Å². The fraction of sp³-hybridized carbons (Fsp3) is 0.100. The van der Waals surface area contributed by atoms with Gasteiger partial charge in [-0.25, -0.2) is 8.42 Å². The van der Waals surface area contributed by atoms with Crippen LogP contribution in [0.3, 0.4) is 0 Å². The fourth-order valence-corrected chi connectivity index (χ4v) is 6.12. The van der Waals surface area contributed by atoms with Crippen LogP contribution in [0.4, 0.5) is 5.69 Å². The predicted molar refractivity (Wildman–Crippen MR) is 122 cm³/mol. The van der Waals surface area contributed by atoms with Gasteiger partial charge >= 0.3 is 0 Å². The second-order valence-electron chi connectivity index (χ2n) is 6.55. The molecule has 0 aliphatic carbocycles. The molecule has 6 nitrogen and oxygen atoms in total. The summed E-state index contributed by atoms with van der Waals surface area (Å²) in [5.74, 6) is -0.246. The summed E-state index contributed by atoms with van der Waals surface area (Å²) in [4.78, 5) is 25.0. The topological polar surface area (TPSA) is 85.2 Å². The minimum absolute atomic E-state index is 0.0706. The molecule has 0 bridgehead atoms. The Kier molecular flexibility index (Phi) is 5.54. The maximum atomic E-state index is 12.9. The lowest BCUT2D eigenvalue weighted by molar-refractivity contribution is 0.0993. The average molecular weight is 479 g/mol. The highest BCUT2D eigenvalue weighted by atomic mass is 35.5. The van der Waals surface area contributed by atoms with Gasteiger partial charge in [0.1, 0.15) is 4.21 Å². The molecule has 0 radical (unpaired) electrons. The van der Waals surface area contributed by atoms with Crippen molar-refractivity contribution in [1.82, 2.24) is 3.96 Å². The number of hydrogen-bond donors (Lipinski definition) is 1. The summed E-state index contributed by atoms with van der Waals surface area (Å²) in [7, 11) is -1.98. The number of aryl methyl sites for hydroxylation is 1. The number of benzene rings is 2. The Morgan fingerprint density at radius 2 is 1.97 bits per heavy atom. The number of ketones is 1. The Morgan fingerprint density at radius 3 is 2.70 bits per heavy atom. The summed E-state index contributed by atoms with van der Waals surface area (Å²) >= 11 is 8.26. The van der Waals surface area contributed by atoms with E-state index in [4.69, 9.17) is 11.6 Å². The first-order valence-corrected chi connectivity index (χ1v) is 12.2. The summed E-state index contributed by atoms with van der Waals surface area (Å²) in [6.45, 7) is 0. The minimum atomic E-state index is -3.77. The van der Waals surface area contributed by atoms with E-state index in [9.17, 15) is 18.0 Å². The molecule has 0 spiro atoms. The van der Waals surface area contributed by atoms with Gasteiger partial charge in [0.25, 0.3) is 14.8 Å². The monoisotopic (exact) mass is 478 g/mol. The van der Waals surface area contributed by atoms with E-state index in [0.717, 1.165) is 28.4 Å². The minimum Gasteiger partial charge on any atom is -0.297 e. The summed E-state index contributed by atoms with van der Waals surface area (Å²) < 4.78 is 29.5. The molecule has 154 valence electrons. The lowest BCUT2D eigenvalue weighted by Crippen LogP contribution is -2.14. The molecule has 0 fully saturated rings. The summed E-state index contributed by atoms with van der Waals surface area (Å²) in [6.07, 6.45) is -0.0706. The number of Topliss-reactive ketones (excluding diaryl/α,β-unsaturated/α-hetero) is 1. The number of fused-ring (bicyclic) bond motifs is 1. The Balaban J connectivity index is 1.66. The van der Waals surface area contributed by atoms with Gasteiger partial charge in [0.2, 0.25) is 0 Å². The highest BCUT2D eigenvalue weighted by Gasteiger charge is 2.19. The third kappa shape index (κ3) is 4.06. The SMILES string of the molecule is Cn1sc(=O)c2cc(C(=O)Cc3cc(Cl)ccc3NS(=O)(=O)c3cccs3)ccc21. The van der Waals surface area contributed by atoms with Crippen LogP contribution in [0.15, 0.2) is 62.9 Å². The number of carbonyl (C=O) groups excluding carboxylic acids is 1. The molecule has 0 amide bonds. The van der Waals surface area contributed by atoms with E-state index in [2.05, 4.69) is 4.72 Å². The second-order valence-corrected chi connectivity index (χ2v) is 10.9. The lowest BCUT2D eigenvalue weighted by Gasteiger charge is -2.12. The van der Waals surface area contributed by atoms with Crippen LogP contribution in [0.25, 0.3) is 10.9 Å². The van der Waals surface area contributed by atoms with E-state index in [1.807, 2.05) is 0 Å². The maximum Gasteiger partial charge on any atom is 0.271 e. The molecule has 4 rings (SSSR count). The molecule has 2 aromatic carbocycles. The normalized spacial score (nSPS) is 11.7. The van der Waals surface area contributed by atoms with Crippen LogP contribution in [0.5, 0.6) is 0 Å². The molecule has 1 N–H and O–H groups in total. The Morgan fingerprint density at radius 1 is 1.17 bits per heavy atom. The standard InChI is InChI=1S/C20H15ClN2O4S3/c1-23-17-7-4-12(10-15(17)20(25)29-23)18(24)11-13-9-14(21)5-6-16(13)22-30(26,27)19-3-2-8-28-19/h2-10,22H,11H2,1H3. The zero-order valence-electron chi connectivity index (χ0n) is 15.6. The number of nitrogens with zero attached hydrogens (tertiary/aromatic N) is 1. The van der Waals surface area contributed by atoms with Crippen molar-refractivity contribution in [3.05, 3.63) is 79.6 Å². The van der Waals surface area contributed by atoms with Crippen LogP contribution in [0.2, 0.25) is 5.02 Å². The van der Waals surface area contributed by atoms with E-state index < -0.39 is 10.0 Å². The van der Waals surface area contributed by atoms with Crippen molar-refractivity contribution in [2.24, 2.45) is 7.05 Å². The molecule has 0 aliphatic rings. The number of halogens is 1. The number of aromatic nitrogens is 1. The van der Waals surface area contributed by atoms with Crippen molar-refractivity contribution in [3.8, 4) is 0 Å². The molecule has 0 saturated heterocycles. The quantitative estimate of drug-likeness (QED) is 0.412. The van der Waals surface area contributed by atoms with Gasteiger partial charge in [0.15, 0.2) is 5.78 Å². The molecule has 30 heavy (non-hydrogen) atoms. The number of carbonyl (C=O) groups is 1. The number of nitrogens with one attached hydrogen (secondary N) is 1. The van der Waals surface area contributed by atoms with Crippen molar-refractivity contribution in [1.29, 1.82) is 0 Å². The molecule has 10 heteroatoms. The number of thiophene rings is 1. The molecule has 0 atom stereocenters. The summed E-state index contributed by atoms with van der Waals surface area (Å²) in [5, 5.41) is 2.54. The highest BCUT2D eigenvalue weighted by molar-refractivity contribution is 7.94. The number of anilines is 1. The lowest BCUT2D eigenvalue weighted by atomic mass is 10.0. The van der Waals surface area contributed by atoms with Gasteiger partial charge < -0.3 is 0 Å². The average Bonchev–Trinajstić information content (AvgIpc) is 3.33. The third-order valence-electron chi connectivity index (χ3n) is 4.52. The number of sulfonamides is 1. The van der Waals surface area contributed by atoms with Gasteiger partial charge in [-0.15, -0.1) is 11.3 Å². The van der Waals surface area contributed by atoms with Crippen molar-refractivity contribution >= 4 is 66.9 Å². The van der Waals surface area contributed by atoms with Crippen molar-refractivity contribution in [2.45, 2.75) is 10.6 Å². The summed E-state index contributed by atoms with van der Waals surface area (Å²) in [5.41, 5.74) is 1.87. The van der Waals surface area contributed by atoms with Gasteiger partial charge in [-0.3, -0.25) is 18.3 Å². The molecule has 2 heterocycles. The van der Waals surface area contributed by atoms with Crippen molar-refractivity contribution < 1.29 is 13.2 Å². The zero-order chi connectivity index (χ0) is 21.5. The van der Waals surface area contributed by atoms with Gasteiger partial charge in [-0.2, -0.15) is 0 Å². The predicted octanol–water partition coefficient (Wildman–Crippen LogP) is 4.54. The van der Waals surface area contributed by atoms with E-state index >= 15 is 0 Å². The van der Waals surface area contributed by atoms with Crippen LogP contribution < -0.4 is 9.46 Å². The smallest absolute Gasteiger partial charge is 0.271 e. The first kappa shape index (κ1) is 20.8. The molecule has 0 unspecified atom stereocenters. The van der Waals surface area contributed by atoms with E-state index in [1.165, 1.54) is 12.1 Å². The second kappa shape index (κ2) is 7.99. The maximum absolute atomic E-state index is 12.9. The summed E-state index contributed by atoms with van der Waals surface area (Å²) in [6, 6.07) is 12.8. The fourth-order valence-electron chi connectivity index (χ4n) is 3.06. The van der Waals surface area contributed by atoms with Gasteiger partial charge in [0, 0.05) is 24.1 Å². The largest absolute Gasteiger partial charge is 0.297 e. The Hall–Kier alpha value is -2.46. The zero-order valence-corrected chi connectivity index (χ0v) is 18.8. The first-order valence-electron chi connectivity index (χ1n) is 8.72. The van der Waals surface area contributed by atoms with Crippen LogP contribution in [0.1, 0.15) is 15.9 Å². The van der Waals surface area contributed by atoms with Crippen LogP contribution in [-0.2, 0) is 23.5 Å². The van der Waals surface area contributed by atoms with E-state index in [-0.39, 0.29) is 26.8 Å². The van der Waals surface area contributed by atoms with Crippen LogP contribution in [0, 0.1) is 0 Å². The number of hydrogen-bond acceptors (Lipinski definition) is 6. The molecule has 2 aromatic heterocycles. The van der Waals surface area contributed by atoms with Crippen molar-refractivity contribution in [2.75, 3.05) is 4.72 Å². The first-order chi connectivity index (χ1) is 14.2. The number of rotatable bonds is 6. The molecular formula is C20H15ClN2O4S3. The Bertz CT molecular complexity index is 1420. The third-order valence-corrected chi connectivity index (χ3v) is 8.37. The Labute approximate surface area is 185 Å². The molecule has 4 aromatic rings. The highest BCUT2D eigenvalue weighted by Crippen LogP contribution is 2.27. The van der Waals surface area contributed by atoms with Gasteiger partial charge in [-0.1, -0.05) is 17.7 Å². The van der Waals surface area contributed by atoms with Crippen LogP contribution in [-0.4, -0.2) is 18.2 Å². The van der Waals surface area contributed by atoms with Gasteiger partial charge in [0.05, 0.1) is 16.6 Å².